The lowest BCUT2D eigenvalue weighted by atomic mass is 10.1. The van der Waals surface area contributed by atoms with Gasteiger partial charge < -0.3 is 14.8 Å². The number of hydrogen-bond donors (Lipinski definition) is 1. The highest BCUT2D eigenvalue weighted by molar-refractivity contribution is 5.35. The summed E-state index contributed by atoms with van der Waals surface area (Å²) in [4.78, 5) is 0. The second kappa shape index (κ2) is 6.55. The van der Waals surface area contributed by atoms with Gasteiger partial charge in [-0.25, -0.2) is 4.39 Å². The Kier molecular flexibility index (Phi) is 5.00. The molecule has 0 aliphatic carbocycles. The summed E-state index contributed by atoms with van der Waals surface area (Å²) < 4.78 is 25.3. The summed E-state index contributed by atoms with van der Waals surface area (Å²) in [5.41, 5.74) is 0.836. The van der Waals surface area contributed by atoms with Crippen LogP contribution >= 0.6 is 0 Å². The fourth-order valence-corrected chi connectivity index (χ4v) is 2.16. The van der Waals surface area contributed by atoms with E-state index in [4.69, 9.17) is 9.47 Å². The summed E-state index contributed by atoms with van der Waals surface area (Å²) in [5, 5.41) is 3.37. The van der Waals surface area contributed by atoms with Crippen LogP contribution in [-0.2, 0) is 11.3 Å². The third-order valence-corrected chi connectivity index (χ3v) is 3.26. The van der Waals surface area contributed by atoms with Crippen molar-refractivity contribution in [3.8, 4) is 5.75 Å². The third-order valence-electron chi connectivity index (χ3n) is 3.26. The smallest absolute Gasteiger partial charge is 0.165 e. The van der Waals surface area contributed by atoms with Gasteiger partial charge in [0.05, 0.1) is 6.61 Å². The number of para-hydroxylation sites is 1. The van der Waals surface area contributed by atoms with Crippen LogP contribution in [0.15, 0.2) is 18.2 Å². The molecule has 1 aromatic carbocycles. The fraction of sp³-hybridized carbons (Fsp3) is 0.625. The van der Waals surface area contributed by atoms with Crippen LogP contribution in [0.4, 0.5) is 4.39 Å². The van der Waals surface area contributed by atoms with Gasteiger partial charge in [0, 0.05) is 24.3 Å². The van der Waals surface area contributed by atoms with Crippen molar-refractivity contribution in [2.75, 3.05) is 13.2 Å². The second-order valence-electron chi connectivity index (χ2n) is 6.29. The number of benzene rings is 1. The summed E-state index contributed by atoms with van der Waals surface area (Å²) in [6, 6.07) is 5.07. The predicted molar refractivity (Wildman–Crippen MR) is 77.5 cm³/mol. The van der Waals surface area contributed by atoms with Crippen molar-refractivity contribution in [1.29, 1.82) is 0 Å². The van der Waals surface area contributed by atoms with E-state index in [1.165, 1.54) is 6.07 Å². The zero-order chi connectivity index (χ0) is 14.6. The second-order valence-corrected chi connectivity index (χ2v) is 6.29. The van der Waals surface area contributed by atoms with Crippen LogP contribution < -0.4 is 10.1 Å². The summed E-state index contributed by atoms with van der Waals surface area (Å²) in [6.45, 7) is 8.16. The minimum atomic E-state index is -0.302. The maximum atomic E-state index is 14.0. The molecule has 1 unspecified atom stereocenters. The van der Waals surface area contributed by atoms with Crippen LogP contribution in [0.2, 0.25) is 0 Å². The first-order chi connectivity index (χ1) is 9.46. The molecule has 1 fully saturated rings. The van der Waals surface area contributed by atoms with E-state index in [1.54, 1.807) is 6.07 Å². The van der Waals surface area contributed by atoms with Crippen molar-refractivity contribution in [2.45, 2.75) is 51.8 Å². The minimum absolute atomic E-state index is 0.0163. The number of rotatable bonds is 4. The molecule has 1 heterocycles. The van der Waals surface area contributed by atoms with E-state index in [0.717, 1.165) is 25.0 Å². The van der Waals surface area contributed by atoms with Gasteiger partial charge in [0.25, 0.3) is 0 Å². The molecular formula is C16H24FNO2. The van der Waals surface area contributed by atoms with Crippen LogP contribution in [0.1, 0.15) is 39.2 Å². The molecule has 1 aliphatic rings. The highest BCUT2D eigenvalue weighted by atomic mass is 19.1. The SMILES string of the molecule is CC(C)(C)NCc1cccc(F)c1OC1CCCOC1. The third kappa shape index (κ3) is 4.46. The van der Waals surface area contributed by atoms with Crippen molar-refractivity contribution in [1.82, 2.24) is 5.32 Å². The van der Waals surface area contributed by atoms with E-state index in [-0.39, 0.29) is 17.5 Å². The van der Waals surface area contributed by atoms with E-state index >= 15 is 0 Å². The molecule has 3 nitrogen and oxygen atoms in total. The minimum Gasteiger partial charge on any atom is -0.485 e. The molecule has 1 saturated heterocycles. The summed E-state index contributed by atoms with van der Waals surface area (Å²) >= 11 is 0. The first kappa shape index (κ1) is 15.3. The first-order valence-corrected chi connectivity index (χ1v) is 7.22. The zero-order valence-corrected chi connectivity index (χ0v) is 12.5. The highest BCUT2D eigenvalue weighted by Gasteiger charge is 2.20. The topological polar surface area (TPSA) is 30.5 Å². The Morgan fingerprint density at radius 3 is 2.85 bits per heavy atom. The average molecular weight is 281 g/mol. The zero-order valence-electron chi connectivity index (χ0n) is 12.5. The van der Waals surface area contributed by atoms with Crippen molar-refractivity contribution in [2.24, 2.45) is 0 Å². The molecule has 1 aromatic rings. The van der Waals surface area contributed by atoms with Crippen LogP contribution in [0.5, 0.6) is 5.75 Å². The van der Waals surface area contributed by atoms with Crippen LogP contribution in [0.3, 0.4) is 0 Å². The largest absolute Gasteiger partial charge is 0.485 e. The Bertz CT molecular complexity index is 437. The van der Waals surface area contributed by atoms with Gasteiger partial charge in [0.15, 0.2) is 11.6 Å². The number of ether oxygens (including phenoxy) is 2. The fourth-order valence-electron chi connectivity index (χ4n) is 2.16. The lowest BCUT2D eigenvalue weighted by Gasteiger charge is -2.26. The maximum Gasteiger partial charge on any atom is 0.165 e. The van der Waals surface area contributed by atoms with Crippen molar-refractivity contribution < 1.29 is 13.9 Å². The van der Waals surface area contributed by atoms with Gasteiger partial charge in [0.1, 0.15) is 6.10 Å². The van der Waals surface area contributed by atoms with Gasteiger partial charge >= 0.3 is 0 Å². The normalized spacial score (nSPS) is 19.9. The molecule has 2 rings (SSSR count). The summed E-state index contributed by atoms with van der Waals surface area (Å²) in [6.07, 6.45) is 1.84. The molecule has 0 bridgehead atoms. The molecule has 1 atom stereocenters. The van der Waals surface area contributed by atoms with Crippen molar-refractivity contribution in [3.05, 3.63) is 29.6 Å². The molecule has 0 saturated carbocycles. The van der Waals surface area contributed by atoms with Gasteiger partial charge in [-0.15, -0.1) is 0 Å². The lowest BCUT2D eigenvalue weighted by Crippen LogP contribution is -2.35. The molecule has 20 heavy (non-hydrogen) atoms. The van der Waals surface area contributed by atoms with Gasteiger partial charge in [0.2, 0.25) is 0 Å². The molecule has 4 heteroatoms. The van der Waals surface area contributed by atoms with E-state index in [2.05, 4.69) is 26.1 Å². The van der Waals surface area contributed by atoms with Crippen molar-refractivity contribution >= 4 is 0 Å². The maximum absolute atomic E-state index is 14.0. The number of hydrogen-bond acceptors (Lipinski definition) is 3. The summed E-state index contributed by atoms with van der Waals surface area (Å²) in [7, 11) is 0. The van der Waals surface area contributed by atoms with Crippen LogP contribution in [0, 0.1) is 5.82 Å². The molecule has 112 valence electrons. The lowest BCUT2D eigenvalue weighted by molar-refractivity contribution is 0.00538. The van der Waals surface area contributed by atoms with Crippen LogP contribution in [0.25, 0.3) is 0 Å². The Morgan fingerprint density at radius 2 is 2.20 bits per heavy atom. The van der Waals surface area contributed by atoms with Gasteiger partial charge in [-0.3, -0.25) is 0 Å². The number of halogens is 1. The van der Waals surface area contributed by atoms with Crippen LogP contribution in [-0.4, -0.2) is 24.9 Å². The molecule has 0 spiro atoms. The van der Waals surface area contributed by atoms with Gasteiger partial charge in [-0.1, -0.05) is 12.1 Å². The van der Waals surface area contributed by atoms with E-state index in [0.29, 0.717) is 18.9 Å². The molecule has 1 aliphatic heterocycles. The Balaban J connectivity index is 2.09. The Labute approximate surface area is 120 Å². The van der Waals surface area contributed by atoms with E-state index in [1.807, 2.05) is 6.07 Å². The predicted octanol–water partition coefficient (Wildman–Crippen LogP) is 3.27. The molecule has 1 N–H and O–H groups in total. The average Bonchev–Trinajstić information content (AvgIpc) is 2.40. The number of nitrogens with one attached hydrogen (secondary N) is 1. The van der Waals surface area contributed by atoms with Gasteiger partial charge in [-0.05, 0) is 39.7 Å². The van der Waals surface area contributed by atoms with Crippen molar-refractivity contribution in [3.63, 3.8) is 0 Å². The van der Waals surface area contributed by atoms with E-state index < -0.39 is 0 Å². The molecule has 0 aromatic heterocycles. The standard InChI is InChI=1S/C16H24FNO2/c1-16(2,3)18-10-12-6-4-8-14(17)15(12)20-13-7-5-9-19-11-13/h4,6,8,13,18H,5,7,9-11H2,1-3H3. The Hall–Kier alpha value is -1.13. The van der Waals surface area contributed by atoms with Gasteiger partial charge in [-0.2, -0.15) is 0 Å². The molecule has 0 amide bonds. The molecular weight excluding hydrogens is 257 g/mol. The highest BCUT2D eigenvalue weighted by Crippen LogP contribution is 2.26. The van der Waals surface area contributed by atoms with E-state index in [9.17, 15) is 4.39 Å². The summed E-state index contributed by atoms with van der Waals surface area (Å²) in [5.74, 6) is 0.0588. The quantitative estimate of drug-likeness (QED) is 0.919. The molecule has 0 radical (unpaired) electrons. The first-order valence-electron chi connectivity index (χ1n) is 7.22. The Morgan fingerprint density at radius 1 is 1.40 bits per heavy atom. The monoisotopic (exact) mass is 281 g/mol.